The first kappa shape index (κ1) is 20.0. The molecule has 1 aromatic carbocycles. The second-order valence-electron chi connectivity index (χ2n) is 6.53. The molecule has 1 aliphatic heterocycles. The molecule has 1 N–H and O–H groups in total. The van der Waals surface area contributed by atoms with Crippen molar-refractivity contribution in [2.75, 3.05) is 64.9 Å². The van der Waals surface area contributed by atoms with E-state index in [0.717, 1.165) is 44.0 Å². The molecule has 7 nitrogen and oxygen atoms in total. The first-order valence-corrected chi connectivity index (χ1v) is 9.16. The Balaban J connectivity index is 1.79. The van der Waals surface area contributed by atoms with Gasteiger partial charge in [0.15, 0.2) is 0 Å². The van der Waals surface area contributed by atoms with Gasteiger partial charge in [0.25, 0.3) is 0 Å². The van der Waals surface area contributed by atoms with Crippen molar-refractivity contribution in [3.8, 4) is 5.75 Å². The summed E-state index contributed by atoms with van der Waals surface area (Å²) in [4.78, 5) is 30.0. The van der Waals surface area contributed by atoms with Crippen LogP contribution < -0.4 is 15.0 Å². The fourth-order valence-corrected chi connectivity index (χ4v) is 2.97. The van der Waals surface area contributed by atoms with E-state index in [-0.39, 0.29) is 18.4 Å². The Hall–Kier alpha value is -2.28. The molecule has 0 aliphatic carbocycles. The van der Waals surface area contributed by atoms with E-state index < -0.39 is 0 Å². The second-order valence-corrected chi connectivity index (χ2v) is 6.53. The molecule has 0 saturated carbocycles. The first-order valence-electron chi connectivity index (χ1n) is 9.16. The largest absolute Gasteiger partial charge is 0.495 e. The molecule has 0 spiro atoms. The number of carbonyl (C=O) groups is 2. The van der Waals surface area contributed by atoms with Crippen molar-refractivity contribution in [1.82, 2.24) is 15.1 Å². The maximum Gasteiger partial charge on any atom is 0.239 e. The third kappa shape index (κ3) is 5.62. The number of rotatable bonds is 8. The van der Waals surface area contributed by atoms with Gasteiger partial charge in [-0.25, -0.2) is 0 Å². The van der Waals surface area contributed by atoms with E-state index in [1.165, 1.54) is 4.90 Å². The summed E-state index contributed by atoms with van der Waals surface area (Å²) in [7, 11) is 3.36. The van der Waals surface area contributed by atoms with E-state index in [2.05, 4.69) is 21.2 Å². The van der Waals surface area contributed by atoms with Crippen LogP contribution in [0, 0.1) is 0 Å². The summed E-state index contributed by atoms with van der Waals surface area (Å²) in [5.41, 5.74) is 1.09. The van der Waals surface area contributed by atoms with Gasteiger partial charge in [-0.1, -0.05) is 19.1 Å². The summed E-state index contributed by atoms with van der Waals surface area (Å²) in [5.74, 6) is 0.737. The Morgan fingerprint density at radius 1 is 1.19 bits per heavy atom. The van der Waals surface area contributed by atoms with E-state index in [0.29, 0.717) is 13.1 Å². The highest BCUT2D eigenvalue weighted by molar-refractivity contribution is 5.85. The molecule has 0 atom stereocenters. The maximum absolute atomic E-state index is 12.3. The van der Waals surface area contributed by atoms with Crippen molar-refractivity contribution in [1.29, 1.82) is 0 Å². The van der Waals surface area contributed by atoms with Crippen LogP contribution in [0.25, 0.3) is 0 Å². The molecule has 1 fully saturated rings. The minimum absolute atomic E-state index is 0.0256. The SMILES string of the molecule is CCCNC(=O)CN(C)C(=O)CN1CCN(c2ccccc2OC)CC1. The van der Waals surface area contributed by atoms with Gasteiger partial charge in [-0.15, -0.1) is 0 Å². The van der Waals surface area contributed by atoms with Crippen LogP contribution >= 0.6 is 0 Å². The average molecular weight is 362 g/mol. The van der Waals surface area contributed by atoms with Crippen molar-refractivity contribution < 1.29 is 14.3 Å². The number of benzene rings is 1. The van der Waals surface area contributed by atoms with Crippen LogP contribution in [0.2, 0.25) is 0 Å². The van der Waals surface area contributed by atoms with Crippen LogP contribution in [0.1, 0.15) is 13.3 Å². The molecule has 26 heavy (non-hydrogen) atoms. The van der Waals surface area contributed by atoms with E-state index in [1.54, 1.807) is 14.2 Å². The zero-order valence-corrected chi connectivity index (χ0v) is 16.0. The predicted octanol–water partition coefficient (Wildman–Crippen LogP) is 0.802. The molecule has 1 aliphatic rings. The van der Waals surface area contributed by atoms with Crippen LogP contribution in [0.5, 0.6) is 5.75 Å². The zero-order valence-electron chi connectivity index (χ0n) is 16.0. The number of piperazine rings is 1. The number of hydrogen-bond donors (Lipinski definition) is 1. The summed E-state index contributed by atoms with van der Waals surface area (Å²) in [5, 5.41) is 2.79. The minimum atomic E-state index is -0.108. The number of anilines is 1. The summed E-state index contributed by atoms with van der Waals surface area (Å²) in [6, 6.07) is 7.99. The van der Waals surface area contributed by atoms with Crippen LogP contribution in [-0.4, -0.2) is 81.6 Å². The lowest BCUT2D eigenvalue weighted by Crippen LogP contribution is -2.50. The highest BCUT2D eigenvalue weighted by Gasteiger charge is 2.22. The molecule has 0 radical (unpaired) electrons. The van der Waals surface area contributed by atoms with Gasteiger partial charge in [0, 0.05) is 39.8 Å². The lowest BCUT2D eigenvalue weighted by atomic mass is 10.2. The minimum Gasteiger partial charge on any atom is -0.495 e. The van der Waals surface area contributed by atoms with E-state index in [9.17, 15) is 9.59 Å². The number of amides is 2. The topological polar surface area (TPSA) is 65.1 Å². The van der Waals surface area contributed by atoms with Crippen LogP contribution in [-0.2, 0) is 9.59 Å². The molecule has 1 saturated heterocycles. The summed E-state index contributed by atoms with van der Waals surface area (Å²) in [6.45, 7) is 6.39. The highest BCUT2D eigenvalue weighted by atomic mass is 16.5. The monoisotopic (exact) mass is 362 g/mol. The number of carbonyl (C=O) groups excluding carboxylic acids is 2. The Labute approximate surface area is 155 Å². The second kappa shape index (κ2) is 10.0. The van der Waals surface area contributed by atoms with Crippen LogP contribution in [0.3, 0.4) is 0 Å². The summed E-state index contributed by atoms with van der Waals surface area (Å²) < 4.78 is 5.43. The number of para-hydroxylation sites is 2. The third-order valence-corrected chi connectivity index (χ3v) is 4.54. The van der Waals surface area contributed by atoms with Crippen LogP contribution in [0.15, 0.2) is 24.3 Å². The van der Waals surface area contributed by atoms with Crippen molar-refractivity contribution >= 4 is 17.5 Å². The molecule has 0 aromatic heterocycles. The quantitative estimate of drug-likeness (QED) is 0.741. The van der Waals surface area contributed by atoms with Gasteiger partial charge in [0.1, 0.15) is 5.75 Å². The molecular formula is C19H30N4O3. The number of ether oxygens (including phenoxy) is 1. The molecule has 2 rings (SSSR count). The van der Waals surface area contributed by atoms with Gasteiger partial charge < -0.3 is 19.9 Å². The average Bonchev–Trinajstić information content (AvgIpc) is 2.66. The molecule has 2 amide bonds. The van der Waals surface area contributed by atoms with E-state index in [1.807, 2.05) is 25.1 Å². The molecule has 1 heterocycles. The normalized spacial score (nSPS) is 14.8. The lowest BCUT2D eigenvalue weighted by molar-refractivity contribution is -0.135. The van der Waals surface area contributed by atoms with Gasteiger partial charge >= 0.3 is 0 Å². The van der Waals surface area contributed by atoms with E-state index >= 15 is 0 Å². The molecule has 0 bridgehead atoms. The van der Waals surface area contributed by atoms with Gasteiger partial charge in [0.05, 0.1) is 25.9 Å². The molecule has 0 unspecified atom stereocenters. The Morgan fingerprint density at radius 3 is 2.54 bits per heavy atom. The number of nitrogens with one attached hydrogen (secondary N) is 1. The van der Waals surface area contributed by atoms with Gasteiger partial charge in [-0.05, 0) is 18.6 Å². The Kier molecular flexibility index (Phi) is 7.72. The molecular weight excluding hydrogens is 332 g/mol. The summed E-state index contributed by atoms with van der Waals surface area (Å²) in [6.07, 6.45) is 0.889. The number of hydrogen-bond acceptors (Lipinski definition) is 5. The number of likely N-dealkylation sites (N-methyl/N-ethyl adjacent to an activating group) is 1. The van der Waals surface area contributed by atoms with Gasteiger partial charge in [-0.3, -0.25) is 14.5 Å². The van der Waals surface area contributed by atoms with Crippen molar-refractivity contribution in [3.63, 3.8) is 0 Å². The smallest absolute Gasteiger partial charge is 0.239 e. The summed E-state index contributed by atoms with van der Waals surface area (Å²) >= 11 is 0. The Morgan fingerprint density at radius 2 is 1.88 bits per heavy atom. The van der Waals surface area contributed by atoms with Crippen molar-refractivity contribution in [2.45, 2.75) is 13.3 Å². The first-order chi connectivity index (χ1) is 12.5. The van der Waals surface area contributed by atoms with Gasteiger partial charge in [0.2, 0.25) is 11.8 Å². The fourth-order valence-electron chi connectivity index (χ4n) is 2.97. The fraction of sp³-hybridized carbons (Fsp3) is 0.579. The standard InChI is InChI=1S/C19H30N4O3/c1-4-9-20-18(24)14-21(2)19(25)15-22-10-12-23(13-11-22)16-7-5-6-8-17(16)26-3/h5-8H,4,9-15H2,1-3H3,(H,20,24). The predicted molar refractivity (Wildman–Crippen MR) is 103 cm³/mol. The maximum atomic E-state index is 12.3. The number of nitrogens with zero attached hydrogens (tertiary/aromatic N) is 3. The van der Waals surface area contributed by atoms with Crippen LogP contribution in [0.4, 0.5) is 5.69 Å². The van der Waals surface area contributed by atoms with Gasteiger partial charge in [-0.2, -0.15) is 0 Å². The molecule has 1 aromatic rings. The highest BCUT2D eigenvalue weighted by Crippen LogP contribution is 2.28. The molecule has 144 valence electrons. The van der Waals surface area contributed by atoms with Crippen molar-refractivity contribution in [2.24, 2.45) is 0 Å². The van der Waals surface area contributed by atoms with Crippen molar-refractivity contribution in [3.05, 3.63) is 24.3 Å². The number of methoxy groups -OCH3 is 1. The van der Waals surface area contributed by atoms with E-state index in [4.69, 9.17) is 4.74 Å². The Bertz CT molecular complexity index is 600. The third-order valence-electron chi connectivity index (χ3n) is 4.54. The molecule has 7 heteroatoms. The zero-order chi connectivity index (χ0) is 18.9. The lowest BCUT2D eigenvalue weighted by Gasteiger charge is -2.36.